The lowest BCUT2D eigenvalue weighted by molar-refractivity contribution is -0.110. The first kappa shape index (κ1) is 13.6. The van der Waals surface area contributed by atoms with Gasteiger partial charge in [0.25, 0.3) is 5.91 Å². The Kier molecular flexibility index (Phi) is 3.52. The van der Waals surface area contributed by atoms with Crippen molar-refractivity contribution in [2.24, 2.45) is 0 Å². The van der Waals surface area contributed by atoms with Gasteiger partial charge in [-0.3, -0.25) is 4.79 Å². The molecule has 5 heteroatoms. The molecule has 3 rings (SSSR count). The van der Waals surface area contributed by atoms with Crippen molar-refractivity contribution in [3.8, 4) is 0 Å². The molecule has 0 fully saturated rings. The molecule has 0 unspecified atom stereocenters. The minimum Gasteiger partial charge on any atom is -0.321 e. The number of halogens is 3. The predicted octanol–water partition coefficient (Wildman–Crippen LogP) is 4.58. The van der Waals surface area contributed by atoms with Crippen molar-refractivity contribution in [3.05, 3.63) is 61.9 Å². The molecule has 0 aliphatic carbocycles. The van der Waals surface area contributed by atoms with Crippen molar-refractivity contribution in [3.63, 3.8) is 0 Å². The molecule has 2 aromatic rings. The average Bonchev–Trinajstić information content (AvgIpc) is 2.69. The number of rotatable bonds is 1. The van der Waals surface area contributed by atoms with E-state index in [4.69, 9.17) is 11.6 Å². The summed E-state index contributed by atoms with van der Waals surface area (Å²) in [6.07, 6.45) is 1.68. The maximum Gasteiger partial charge on any atom is 0.256 e. The van der Waals surface area contributed by atoms with Gasteiger partial charge in [-0.05, 0) is 64.6 Å². The number of fused-ring (bicyclic) bond motifs is 1. The third kappa shape index (κ3) is 2.45. The summed E-state index contributed by atoms with van der Waals surface area (Å²) in [6, 6.07) is 9.83. The molecule has 2 aromatic carbocycles. The van der Waals surface area contributed by atoms with Crippen molar-refractivity contribution < 1.29 is 9.18 Å². The fraction of sp³-hybridized carbons (Fsp3) is 0. The minimum atomic E-state index is -0.400. The van der Waals surface area contributed by atoms with Crippen molar-refractivity contribution >= 4 is 57.4 Å². The van der Waals surface area contributed by atoms with E-state index in [1.165, 1.54) is 12.1 Å². The molecule has 20 heavy (non-hydrogen) atoms. The lowest BCUT2D eigenvalue weighted by Gasteiger charge is -2.02. The molecule has 0 radical (unpaired) electrons. The number of anilines is 1. The molecule has 1 aliphatic heterocycles. The van der Waals surface area contributed by atoms with E-state index in [2.05, 4.69) is 27.9 Å². The van der Waals surface area contributed by atoms with E-state index in [9.17, 15) is 9.18 Å². The van der Waals surface area contributed by atoms with Crippen molar-refractivity contribution in [1.29, 1.82) is 0 Å². The van der Waals surface area contributed by atoms with E-state index < -0.39 is 5.82 Å². The van der Waals surface area contributed by atoms with Crippen LogP contribution in [-0.4, -0.2) is 5.91 Å². The van der Waals surface area contributed by atoms with E-state index in [0.717, 1.165) is 14.8 Å². The van der Waals surface area contributed by atoms with Crippen LogP contribution in [0.15, 0.2) is 36.4 Å². The highest BCUT2D eigenvalue weighted by atomic mass is 127. The molecule has 0 atom stereocenters. The smallest absolute Gasteiger partial charge is 0.256 e. The number of carbonyl (C=O) groups is 1. The van der Waals surface area contributed by atoms with Crippen LogP contribution in [-0.2, 0) is 4.79 Å². The Morgan fingerprint density at radius 3 is 2.75 bits per heavy atom. The predicted molar refractivity (Wildman–Crippen MR) is 87.1 cm³/mol. The van der Waals surface area contributed by atoms with Crippen LogP contribution in [0, 0.1) is 9.39 Å². The van der Waals surface area contributed by atoms with E-state index in [1.54, 1.807) is 12.1 Å². The Labute approximate surface area is 133 Å². The van der Waals surface area contributed by atoms with Crippen LogP contribution in [0.3, 0.4) is 0 Å². The number of amides is 1. The summed E-state index contributed by atoms with van der Waals surface area (Å²) in [5, 5.41) is 3.08. The first-order valence-corrected chi connectivity index (χ1v) is 7.28. The van der Waals surface area contributed by atoms with Gasteiger partial charge in [-0.2, -0.15) is 0 Å². The standard InChI is InChI=1S/C15H8ClFINO/c16-13-6-9(17)2-1-8(13)5-12-11-7-10(18)3-4-14(11)19-15(12)20/h1-7H,(H,19,20). The van der Waals surface area contributed by atoms with E-state index in [1.807, 2.05) is 18.2 Å². The summed E-state index contributed by atoms with van der Waals surface area (Å²) < 4.78 is 14.1. The van der Waals surface area contributed by atoms with Crippen LogP contribution in [0.2, 0.25) is 5.02 Å². The summed E-state index contributed by atoms with van der Waals surface area (Å²) in [6.45, 7) is 0. The summed E-state index contributed by atoms with van der Waals surface area (Å²) in [4.78, 5) is 12.0. The van der Waals surface area contributed by atoms with Crippen molar-refractivity contribution in [2.45, 2.75) is 0 Å². The lowest BCUT2D eigenvalue weighted by atomic mass is 10.0. The molecule has 1 amide bonds. The molecule has 0 bridgehead atoms. The summed E-state index contributed by atoms with van der Waals surface area (Å²) in [5.41, 5.74) is 2.76. The van der Waals surface area contributed by atoms with E-state index in [-0.39, 0.29) is 10.9 Å². The van der Waals surface area contributed by atoms with Gasteiger partial charge in [0.2, 0.25) is 0 Å². The number of carbonyl (C=O) groups excluding carboxylic acids is 1. The average molecular weight is 400 g/mol. The van der Waals surface area contributed by atoms with Crippen molar-refractivity contribution in [2.75, 3.05) is 5.32 Å². The zero-order valence-electron chi connectivity index (χ0n) is 10.1. The Bertz CT molecular complexity index is 758. The molecule has 1 N–H and O–H groups in total. The molecule has 0 saturated carbocycles. The Balaban J connectivity index is 2.13. The van der Waals surface area contributed by atoms with E-state index in [0.29, 0.717) is 11.1 Å². The molecular weight excluding hydrogens is 392 g/mol. The highest BCUT2D eigenvalue weighted by molar-refractivity contribution is 14.1. The summed E-state index contributed by atoms with van der Waals surface area (Å²) in [7, 11) is 0. The second kappa shape index (κ2) is 5.18. The van der Waals surface area contributed by atoms with Gasteiger partial charge in [-0.15, -0.1) is 0 Å². The number of nitrogens with one attached hydrogen (secondary N) is 1. The molecule has 2 nitrogen and oxygen atoms in total. The van der Waals surface area contributed by atoms with Gasteiger partial charge in [0.15, 0.2) is 0 Å². The van der Waals surface area contributed by atoms with Gasteiger partial charge < -0.3 is 5.32 Å². The van der Waals surface area contributed by atoms with Crippen LogP contribution < -0.4 is 5.32 Å². The summed E-state index contributed by atoms with van der Waals surface area (Å²) >= 11 is 8.19. The first-order valence-electron chi connectivity index (χ1n) is 5.82. The topological polar surface area (TPSA) is 29.1 Å². The zero-order chi connectivity index (χ0) is 14.3. The van der Waals surface area contributed by atoms with E-state index >= 15 is 0 Å². The highest BCUT2D eigenvalue weighted by Gasteiger charge is 2.24. The Morgan fingerprint density at radius 1 is 1.20 bits per heavy atom. The molecule has 1 heterocycles. The largest absolute Gasteiger partial charge is 0.321 e. The normalized spacial score (nSPS) is 15.3. The number of benzene rings is 2. The monoisotopic (exact) mass is 399 g/mol. The van der Waals surface area contributed by atoms with Crippen LogP contribution in [0.25, 0.3) is 11.6 Å². The minimum absolute atomic E-state index is 0.178. The van der Waals surface area contributed by atoms with Gasteiger partial charge in [0.05, 0.1) is 5.02 Å². The Morgan fingerprint density at radius 2 is 2.00 bits per heavy atom. The third-order valence-corrected chi connectivity index (χ3v) is 4.03. The van der Waals surface area contributed by atoms with Crippen LogP contribution in [0.5, 0.6) is 0 Å². The van der Waals surface area contributed by atoms with Gasteiger partial charge >= 0.3 is 0 Å². The summed E-state index contributed by atoms with van der Waals surface area (Å²) in [5.74, 6) is -0.578. The first-order chi connectivity index (χ1) is 9.54. The maximum absolute atomic E-state index is 13.0. The second-order valence-corrected chi connectivity index (χ2v) is 6.02. The van der Waals surface area contributed by atoms with Gasteiger partial charge in [0, 0.05) is 20.4 Å². The quantitative estimate of drug-likeness (QED) is 0.552. The van der Waals surface area contributed by atoms with Crippen LogP contribution in [0.1, 0.15) is 11.1 Å². The second-order valence-electron chi connectivity index (χ2n) is 4.37. The van der Waals surface area contributed by atoms with Gasteiger partial charge in [-0.1, -0.05) is 17.7 Å². The molecule has 100 valence electrons. The maximum atomic E-state index is 13.0. The molecular formula is C15H8ClFINO. The molecule has 0 aromatic heterocycles. The third-order valence-electron chi connectivity index (χ3n) is 3.03. The zero-order valence-corrected chi connectivity index (χ0v) is 13.0. The Hall–Kier alpha value is -1.40. The molecule has 0 saturated heterocycles. The fourth-order valence-electron chi connectivity index (χ4n) is 2.08. The van der Waals surface area contributed by atoms with Crippen LogP contribution in [0.4, 0.5) is 10.1 Å². The fourth-order valence-corrected chi connectivity index (χ4v) is 2.79. The number of hydrogen-bond donors (Lipinski definition) is 1. The SMILES string of the molecule is O=C1Nc2ccc(I)cc2C1=Cc1ccc(F)cc1Cl. The lowest BCUT2D eigenvalue weighted by Crippen LogP contribution is -2.03. The molecule has 0 spiro atoms. The van der Waals surface area contributed by atoms with Crippen LogP contribution >= 0.6 is 34.2 Å². The van der Waals surface area contributed by atoms with Crippen molar-refractivity contribution in [1.82, 2.24) is 0 Å². The van der Waals surface area contributed by atoms with Gasteiger partial charge in [0.1, 0.15) is 5.82 Å². The highest BCUT2D eigenvalue weighted by Crippen LogP contribution is 2.35. The molecule has 1 aliphatic rings. The van der Waals surface area contributed by atoms with Gasteiger partial charge in [-0.25, -0.2) is 4.39 Å². The number of hydrogen-bond acceptors (Lipinski definition) is 1.